The fraction of sp³-hybridized carbons (Fsp3) is 0.294. The van der Waals surface area contributed by atoms with Gasteiger partial charge >= 0.3 is 0 Å². The average molecular weight is 327 g/mol. The Morgan fingerprint density at radius 2 is 2.04 bits per heavy atom. The molecule has 2 N–H and O–H groups in total. The molecule has 1 atom stereocenters. The van der Waals surface area contributed by atoms with E-state index in [1.165, 1.54) is 21.9 Å². The second-order valence-corrected chi connectivity index (χ2v) is 6.07. The molecule has 0 spiro atoms. The van der Waals surface area contributed by atoms with E-state index in [0.717, 1.165) is 25.3 Å². The van der Waals surface area contributed by atoms with Crippen molar-refractivity contribution in [3.8, 4) is 0 Å². The SMILES string of the molecule is NC(=O)c1cc([N+](=O)[O-])cn(CC2CCc3ccccc3C2)c1=O. The van der Waals surface area contributed by atoms with Crippen molar-refractivity contribution in [3.05, 3.63) is 73.7 Å². The molecule has 0 saturated carbocycles. The molecule has 1 amide bonds. The van der Waals surface area contributed by atoms with Crippen molar-refractivity contribution in [3.63, 3.8) is 0 Å². The Bertz CT molecular complexity index is 872. The van der Waals surface area contributed by atoms with Crippen molar-refractivity contribution in [2.75, 3.05) is 0 Å². The Balaban J connectivity index is 1.92. The molecule has 0 fully saturated rings. The fourth-order valence-electron chi connectivity index (χ4n) is 3.24. The predicted molar refractivity (Wildman–Crippen MR) is 87.8 cm³/mol. The zero-order valence-electron chi connectivity index (χ0n) is 13.0. The van der Waals surface area contributed by atoms with Gasteiger partial charge in [-0.2, -0.15) is 0 Å². The van der Waals surface area contributed by atoms with Gasteiger partial charge in [-0.1, -0.05) is 24.3 Å². The van der Waals surface area contributed by atoms with E-state index in [4.69, 9.17) is 5.73 Å². The number of nitrogens with two attached hydrogens (primary N) is 1. The van der Waals surface area contributed by atoms with E-state index >= 15 is 0 Å². The van der Waals surface area contributed by atoms with Gasteiger partial charge < -0.3 is 10.3 Å². The quantitative estimate of drug-likeness (QED) is 0.680. The van der Waals surface area contributed by atoms with Gasteiger partial charge in [-0.3, -0.25) is 19.7 Å². The van der Waals surface area contributed by atoms with E-state index < -0.39 is 16.4 Å². The van der Waals surface area contributed by atoms with E-state index in [-0.39, 0.29) is 17.2 Å². The molecule has 0 aliphatic heterocycles. The summed E-state index contributed by atoms with van der Waals surface area (Å²) in [6.45, 7) is 0.328. The van der Waals surface area contributed by atoms with Gasteiger partial charge in [0.1, 0.15) is 5.56 Å². The summed E-state index contributed by atoms with van der Waals surface area (Å²) in [5.74, 6) is -0.772. The first-order valence-corrected chi connectivity index (χ1v) is 7.71. The molecular weight excluding hydrogens is 310 g/mol. The van der Waals surface area contributed by atoms with E-state index in [9.17, 15) is 19.7 Å². The van der Waals surface area contributed by atoms with Gasteiger partial charge in [0.2, 0.25) is 0 Å². The van der Waals surface area contributed by atoms with Gasteiger partial charge in [0.25, 0.3) is 17.2 Å². The summed E-state index contributed by atoms with van der Waals surface area (Å²) in [7, 11) is 0. The van der Waals surface area contributed by atoms with Crippen molar-refractivity contribution in [1.82, 2.24) is 4.57 Å². The molecule has 1 aromatic carbocycles. The Kier molecular flexibility index (Phi) is 4.16. The van der Waals surface area contributed by atoms with E-state index in [1.54, 1.807) is 0 Å². The number of primary amides is 1. The zero-order chi connectivity index (χ0) is 17.3. The van der Waals surface area contributed by atoms with Crippen LogP contribution in [0.25, 0.3) is 0 Å². The molecule has 0 radical (unpaired) electrons. The van der Waals surface area contributed by atoms with E-state index in [2.05, 4.69) is 12.1 Å². The fourth-order valence-corrected chi connectivity index (χ4v) is 3.24. The number of carbonyl (C=O) groups is 1. The molecule has 0 saturated heterocycles. The van der Waals surface area contributed by atoms with Crippen molar-refractivity contribution >= 4 is 11.6 Å². The highest BCUT2D eigenvalue weighted by Gasteiger charge is 2.22. The summed E-state index contributed by atoms with van der Waals surface area (Å²) in [4.78, 5) is 34.1. The molecule has 7 heteroatoms. The van der Waals surface area contributed by atoms with Crippen LogP contribution in [-0.2, 0) is 19.4 Å². The maximum absolute atomic E-state index is 12.3. The van der Waals surface area contributed by atoms with Crippen LogP contribution in [0.2, 0.25) is 0 Å². The number of rotatable bonds is 4. The predicted octanol–water partition coefficient (Wildman–Crippen LogP) is 1.66. The number of pyridine rings is 1. The standard InChI is InChI=1S/C17H17N3O4/c18-16(21)15-8-14(20(23)24)10-19(17(15)22)9-11-5-6-12-3-1-2-4-13(12)7-11/h1-4,8,10-11H,5-7,9H2,(H2,18,21). The molecule has 3 rings (SSSR count). The highest BCUT2D eigenvalue weighted by atomic mass is 16.6. The van der Waals surface area contributed by atoms with E-state index in [0.29, 0.717) is 6.54 Å². The van der Waals surface area contributed by atoms with Gasteiger partial charge in [-0.25, -0.2) is 0 Å². The minimum absolute atomic E-state index is 0.181. The number of nitro groups is 1. The number of carbonyl (C=O) groups excluding carboxylic acids is 1. The minimum Gasteiger partial charge on any atom is -0.365 e. The highest BCUT2D eigenvalue weighted by molar-refractivity contribution is 5.92. The summed E-state index contributed by atoms with van der Waals surface area (Å²) in [6, 6.07) is 9.08. The topological polar surface area (TPSA) is 108 Å². The van der Waals surface area contributed by atoms with Crippen LogP contribution in [0.4, 0.5) is 5.69 Å². The number of hydrogen-bond acceptors (Lipinski definition) is 4. The molecule has 1 aliphatic carbocycles. The smallest absolute Gasteiger partial charge is 0.286 e. The third-order valence-corrected chi connectivity index (χ3v) is 4.45. The van der Waals surface area contributed by atoms with Crippen LogP contribution in [0.3, 0.4) is 0 Å². The molecule has 7 nitrogen and oxygen atoms in total. The third kappa shape index (κ3) is 3.05. The molecule has 1 aromatic heterocycles. The largest absolute Gasteiger partial charge is 0.365 e. The Morgan fingerprint density at radius 1 is 1.33 bits per heavy atom. The van der Waals surface area contributed by atoms with E-state index in [1.807, 2.05) is 12.1 Å². The van der Waals surface area contributed by atoms with Gasteiger partial charge in [0, 0.05) is 12.6 Å². The molecule has 1 unspecified atom stereocenters. The number of hydrogen-bond donors (Lipinski definition) is 1. The highest BCUT2D eigenvalue weighted by Crippen LogP contribution is 2.26. The summed E-state index contributed by atoms with van der Waals surface area (Å²) >= 11 is 0. The van der Waals surface area contributed by atoms with Crippen LogP contribution in [0.1, 0.15) is 27.9 Å². The average Bonchev–Trinajstić information content (AvgIpc) is 2.56. The van der Waals surface area contributed by atoms with Gasteiger partial charge in [0.05, 0.1) is 11.1 Å². The van der Waals surface area contributed by atoms with Crippen LogP contribution in [0.5, 0.6) is 0 Å². The van der Waals surface area contributed by atoms with Crippen molar-refractivity contribution in [2.24, 2.45) is 11.7 Å². The summed E-state index contributed by atoms with van der Waals surface area (Å²) in [5, 5.41) is 11.0. The molecule has 0 bridgehead atoms. The number of benzene rings is 1. The second kappa shape index (κ2) is 6.27. The zero-order valence-corrected chi connectivity index (χ0v) is 13.0. The van der Waals surface area contributed by atoms with Gasteiger partial charge in [0.15, 0.2) is 0 Å². The first-order valence-electron chi connectivity index (χ1n) is 7.71. The Morgan fingerprint density at radius 3 is 2.71 bits per heavy atom. The Hall–Kier alpha value is -2.96. The first kappa shape index (κ1) is 15.9. The van der Waals surface area contributed by atoms with Crippen molar-refractivity contribution in [1.29, 1.82) is 0 Å². The number of aromatic nitrogens is 1. The molecule has 124 valence electrons. The van der Waals surface area contributed by atoms with Crippen molar-refractivity contribution in [2.45, 2.75) is 25.8 Å². The number of nitrogens with zero attached hydrogens (tertiary/aromatic N) is 2. The van der Waals surface area contributed by atoms with Crippen LogP contribution >= 0.6 is 0 Å². The van der Waals surface area contributed by atoms with Crippen LogP contribution in [-0.4, -0.2) is 15.4 Å². The van der Waals surface area contributed by atoms with Crippen LogP contribution < -0.4 is 11.3 Å². The third-order valence-electron chi connectivity index (χ3n) is 4.45. The van der Waals surface area contributed by atoms with Gasteiger partial charge in [-0.15, -0.1) is 0 Å². The lowest BCUT2D eigenvalue weighted by Gasteiger charge is -2.25. The maximum atomic E-state index is 12.3. The number of amides is 1. The molecule has 2 aromatic rings. The number of aryl methyl sites for hydroxylation is 1. The molecule has 1 heterocycles. The summed E-state index contributed by atoms with van der Waals surface area (Å²) < 4.78 is 1.25. The first-order chi connectivity index (χ1) is 11.5. The summed E-state index contributed by atoms with van der Waals surface area (Å²) in [6.07, 6.45) is 3.79. The molecule has 24 heavy (non-hydrogen) atoms. The lowest BCUT2D eigenvalue weighted by Crippen LogP contribution is -2.32. The maximum Gasteiger partial charge on any atom is 0.286 e. The minimum atomic E-state index is -0.952. The number of fused-ring (bicyclic) bond motifs is 1. The molecular formula is C17H17N3O4. The van der Waals surface area contributed by atoms with Gasteiger partial charge in [-0.05, 0) is 36.3 Å². The lowest BCUT2D eigenvalue weighted by atomic mass is 9.84. The van der Waals surface area contributed by atoms with Crippen LogP contribution in [0, 0.1) is 16.0 Å². The monoisotopic (exact) mass is 327 g/mol. The Labute approximate surface area is 137 Å². The molecule has 1 aliphatic rings. The van der Waals surface area contributed by atoms with Crippen LogP contribution in [0.15, 0.2) is 41.3 Å². The van der Waals surface area contributed by atoms with Crippen molar-refractivity contribution < 1.29 is 9.72 Å². The normalized spacial score (nSPS) is 16.4. The second-order valence-electron chi connectivity index (χ2n) is 6.07. The lowest BCUT2D eigenvalue weighted by molar-refractivity contribution is -0.385. The summed E-state index contributed by atoms with van der Waals surface area (Å²) in [5.41, 5.74) is 6.49.